The minimum Gasteiger partial charge on any atom is -0.382 e. The molecule has 2 aromatic heterocycles. The van der Waals surface area contributed by atoms with Crippen LogP contribution in [0.4, 0.5) is 5.82 Å². The molecule has 1 aliphatic heterocycles. The van der Waals surface area contributed by atoms with Crippen molar-refractivity contribution in [3.63, 3.8) is 0 Å². The molecule has 0 spiro atoms. The molecule has 1 saturated heterocycles. The Balaban J connectivity index is 1.62. The number of benzene rings is 1. The molecular weight excluding hydrogens is 434 g/mol. The Labute approximate surface area is 197 Å². The van der Waals surface area contributed by atoms with Gasteiger partial charge in [0.25, 0.3) is 5.91 Å². The lowest BCUT2D eigenvalue weighted by atomic mass is 10.0. The van der Waals surface area contributed by atoms with E-state index >= 15 is 0 Å². The van der Waals surface area contributed by atoms with Crippen LogP contribution in [0.15, 0.2) is 53.1 Å². The van der Waals surface area contributed by atoms with Gasteiger partial charge in [-0.2, -0.15) is 0 Å². The largest absolute Gasteiger partial charge is 0.382 e. The highest BCUT2D eigenvalue weighted by molar-refractivity contribution is 8.17. The molecule has 3 aromatic rings. The van der Waals surface area contributed by atoms with Crippen LogP contribution >= 0.6 is 11.8 Å². The highest BCUT2D eigenvalue weighted by atomic mass is 32.2. The van der Waals surface area contributed by atoms with Crippen LogP contribution in [-0.4, -0.2) is 39.0 Å². The molecule has 1 aliphatic rings. The molecule has 8 nitrogen and oxygen atoms in total. The lowest BCUT2D eigenvalue weighted by Crippen LogP contribution is -2.28. The molecule has 0 saturated carbocycles. The maximum atomic E-state index is 12.7. The summed E-state index contributed by atoms with van der Waals surface area (Å²) >= 11 is 1.37. The summed E-state index contributed by atoms with van der Waals surface area (Å²) in [7, 11) is 1.65. The first-order valence-electron chi connectivity index (χ1n) is 11.1. The predicted molar refractivity (Wildman–Crippen MR) is 135 cm³/mol. The lowest BCUT2D eigenvalue weighted by molar-refractivity contribution is 0.0978. The number of fused-ring (bicyclic) bond motifs is 1. The molecule has 0 bridgehead atoms. The first kappa shape index (κ1) is 23.0. The number of hydrogen-bond donors (Lipinski definition) is 3. The van der Waals surface area contributed by atoms with Crippen LogP contribution in [0.1, 0.15) is 54.8 Å². The van der Waals surface area contributed by atoms with Gasteiger partial charge in [0.05, 0.1) is 6.04 Å². The third-order valence-corrected chi connectivity index (χ3v) is 6.77. The van der Waals surface area contributed by atoms with Crippen LogP contribution in [0, 0.1) is 0 Å². The van der Waals surface area contributed by atoms with Gasteiger partial charge in [-0.1, -0.05) is 43.8 Å². The second kappa shape index (κ2) is 10.2. The molecule has 1 fully saturated rings. The normalized spacial score (nSPS) is 16.7. The van der Waals surface area contributed by atoms with Crippen LogP contribution in [0.5, 0.6) is 0 Å². The molecule has 1 aromatic carbocycles. The molecule has 4 rings (SSSR count). The molecule has 1 atom stereocenters. The van der Waals surface area contributed by atoms with Crippen molar-refractivity contribution >= 4 is 34.2 Å². The average Bonchev–Trinajstić information content (AvgIpc) is 3.25. The van der Waals surface area contributed by atoms with E-state index in [1.165, 1.54) is 24.6 Å². The third-order valence-electron chi connectivity index (χ3n) is 5.71. The van der Waals surface area contributed by atoms with Gasteiger partial charge in [0.2, 0.25) is 0 Å². The fourth-order valence-corrected chi connectivity index (χ4v) is 4.54. The number of thioether (sulfide) groups is 1. The maximum absolute atomic E-state index is 12.7. The van der Waals surface area contributed by atoms with E-state index in [2.05, 4.69) is 27.2 Å². The first-order valence-corrected chi connectivity index (χ1v) is 11.9. The summed E-state index contributed by atoms with van der Waals surface area (Å²) in [4.78, 5) is 27.0. The van der Waals surface area contributed by atoms with E-state index in [4.69, 9.17) is 10.7 Å². The Hall–Kier alpha value is -3.17. The van der Waals surface area contributed by atoms with E-state index in [0.717, 1.165) is 46.9 Å². The summed E-state index contributed by atoms with van der Waals surface area (Å²) in [5.74, 6) is 1.15. The number of hydrogen-bond acceptors (Lipinski definition) is 7. The van der Waals surface area contributed by atoms with E-state index in [9.17, 15) is 4.79 Å². The van der Waals surface area contributed by atoms with Gasteiger partial charge >= 0.3 is 0 Å². The number of carbonyl (C=O) groups excluding carboxylic acids is 1. The van der Waals surface area contributed by atoms with Crippen LogP contribution in [0.25, 0.3) is 16.8 Å². The van der Waals surface area contributed by atoms with Gasteiger partial charge in [-0.15, -0.1) is 0 Å². The van der Waals surface area contributed by atoms with E-state index in [-0.39, 0.29) is 11.9 Å². The fraction of sp³-hybridized carbons (Fsp3) is 0.333. The summed E-state index contributed by atoms with van der Waals surface area (Å²) in [6, 6.07) is 7.53. The Morgan fingerprint density at radius 3 is 2.82 bits per heavy atom. The number of nitrogens with one attached hydrogen (secondary N) is 2. The molecule has 33 heavy (non-hydrogen) atoms. The zero-order valence-electron chi connectivity index (χ0n) is 19.0. The predicted octanol–water partition coefficient (Wildman–Crippen LogP) is 4.17. The molecule has 3 heterocycles. The number of nitrogen functional groups attached to an aromatic ring is 1. The number of aromatic nitrogens is 3. The third kappa shape index (κ3) is 4.94. The number of carbonyl (C=O) groups is 1. The molecule has 1 amide bonds. The van der Waals surface area contributed by atoms with Gasteiger partial charge in [-0.25, -0.2) is 9.97 Å². The van der Waals surface area contributed by atoms with Crippen molar-refractivity contribution in [1.29, 1.82) is 0 Å². The van der Waals surface area contributed by atoms with E-state index in [1.54, 1.807) is 25.4 Å². The molecule has 9 heteroatoms. The van der Waals surface area contributed by atoms with Crippen molar-refractivity contribution in [3.05, 3.63) is 59.5 Å². The number of rotatable bonds is 5. The van der Waals surface area contributed by atoms with Crippen molar-refractivity contribution in [2.75, 3.05) is 19.3 Å². The van der Waals surface area contributed by atoms with Crippen LogP contribution in [0.3, 0.4) is 0 Å². The Kier molecular flexibility index (Phi) is 7.10. The van der Waals surface area contributed by atoms with Crippen LogP contribution in [0.2, 0.25) is 0 Å². The molecule has 4 N–H and O–H groups in total. The monoisotopic (exact) mass is 463 g/mol. The second-order valence-corrected chi connectivity index (χ2v) is 9.07. The smallest absolute Gasteiger partial charge is 0.257 e. The zero-order valence-corrected chi connectivity index (χ0v) is 19.8. The topological polar surface area (TPSA) is 110 Å². The van der Waals surface area contributed by atoms with Crippen LogP contribution < -0.4 is 16.4 Å². The lowest BCUT2D eigenvalue weighted by Gasteiger charge is -2.22. The van der Waals surface area contributed by atoms with E-state index in [0.29, 0.717) is 16.5 Å². The van der Waals surface area contributed by atoms with Crippen molar-refractivity contribution in [2.24, 2.45) is 4.99 Å². The number of imidazole rings is 1. The Bertz CT molecular complexity index is 1190. The minimum absolute atomic E-state index is 0.175. The van der Waals surface area contributed by atoms with Crippen molar-refractivity contribution < 1.29 is 4.79 Å². The van der Waals surface area contributed by atoms with Crippen molar-refractivity contribution in [3.8, 4) is 11.3 Å². The van der Waals surface area contributed by atoms with Gasteiger partial charge in [-0.05, 0) is 42.8 Å². The number of piperidine rings is 1. The summed E-state index contributed by atoms with van der Waals surface area (Å²) in [6.07, 6.45) is 7.79. The van der Waals surface area contributed by atoms with E-state index in [1.807, 2.05) is 29.7 Å². The minimum atomic E-state index is -0.221. The fourth-order valence-electron chi connectivity index (χ4n) is 3.89. The molecule has 172 valence electrons. The molecule has 1 unspecified atom stereocenters. The van der Waals surface area contributed by atoms with Gasteiger partial charge in [-0.3, -0.25) is 14.2 Å². The maximum Gasteiger partial charge on any atom is 0.257 e. The van der Waals surface area contributed by atoms with Gasteiger partial charge in [0.15, 0.2) is 5.17 Å². The zero-order chi connectivity index (χ0) is 23.4. The van der Waals surface area contributed by atoms with Crippen LogP contribution in [-0.2, 0) is 0 Å². The SMILES string of the molecule is C=C(CC)SC(=NC)NC(=O)c1ccc(-c2nc(C3CCCCN3)n3ccnc(N)c23)cc1. The summed E-state index contributed by atoms with van der Waals surface area (Å²) in [6.45, 7) is 6.95. The van der Waals surface area contributed by atoms with Crippen molar-refractivity contribution in [2.45, 2.75) is 38.6 Å². The summed E-state index contributed by atoms with van der Waals surface area (Å²) < 4.78 is 2.03. The highest BCUT2D eigenvalue weighted by Crippen LogP contribution is 2.32. The number of nitrogens with two attached hydrogens (primary N) is 1. The quantitative estimate of drug-likeness (QED) is 0.387. The summed E-state index contributed by atoms with van der Waals surface area (Å²) in [5, 5.41) is 6.94. The summed E-state index contributed by atoms with van der Waals surface area (Å²) in [5.41, 5.74) is 9.22. The number of nitrogens with zero attached hydrogens (tertiary/aromatic N) is 4. The average molecular weight is 464 g/mol. The number of aliphatic imine (C=N–C) groups is 1. The van der Waals surface area contributed by atoms with Gasteiger partial charge in [0.1, 0.15) is 22.9 Å². The molecule has 0 aliphatic carbocycles. The van der Waals surface area contributed by atoms with Gasteiger partial charge in [0, 0.05) is 30.6 Å². The van der Waals surface area contributed by atoms with Gasteiger partial charge < -0.3 is 16.4 Å². The highest BCUT2D eigenvalue weighted by Gasteiger charge is 2.24. The first-order chi connectivity index (χ1) is 16.0. The Morgan fingerprint density at radius 1 is 1.36 bits per heavy atom. The standard InChI is InChI=1S/C24H29N7OS/c1-4-15(2)33-24(26-3)30-23(32)17-10-8-16(9-11-17)19-20-21(25)28-13-14-31(20)22(29-19)18-7-5-6-12-27-18/h8-11,13-14,18,27H,2,4-7,12H2,1,3H3,(H2,25,28)(H,26,30,32). The van der Waals surface area contributed by atoms with Crippen molar-refractivity contribution in [1.82, 2.24) is 25.0 Å². The number of anilines is 1. The number of amidine groups is 1. The molecule has 0 radical (unpaired) electrons. The van der Waals surface area contributed by atoms with E-state index < -0.39 is 0 Å². The number of allylic oxidation sites excluding steroid dienone is 1. The Morgan fingerprint density at radius 2 is 2.15 bits per heavy atom. The second-order valence-electron chi connectivity index (χ2n) is 7.91. The molecular formula is C24H29N7OS. The number of amides is 1.